The van der Waals surface area contributed by atoms with E-state index in [9.17, 15) is 19.5 Å². The van der Waals surface area contributed by atoms with Gasteiger partial charge in [0.05, 0.1) is 6.61 Å². The molecule has 2 aromatic carbocycles. The topological polar surface area (TPSA) is 134 Å². The first kappa shape index (κ1) is 24.2. The fraction of sp³-hybridized carbons (Fsp3) is 0.375. The maximum atomic E-state index is 12.6. The summed E-state index contributed by atoms with van der Waals surface area (Å²) in [5.41, 5.74) is 2.90. The number of hydrogen-bond acceptors (Lipinski definition) is 6. The van der Waals surface area contributed by atoms with Gasteiger partial charge in [0.25, 0.3) is 0 Å². The molecule has 0 fully saturated rings. The van der Waals surface area contributed by atoms with Crippen molar-refractivity contribution in [2.24, 2.45) is 0 Å². The highest BCUT2D eigenvalue weighted by atomic mass is 16.5. The third-order valence-corrected chi connectivity index (χ3v) is 5.64. The lowest BCUT2D eigenvalue weighted by atomic mass is 9.98. The molecule has 0 saturated carbocycles. The van der Waals surface area contributed by atoms with E-state index in [1.807, 2.05) is 48.5 Å². The van der Waals surface area contributed by atoms with E-state index in [4.69, 9.17) is 14.6 Å². The van der Waals surface area contributed by atoms with Crippen LogP contribution in [0.15, 0.2) is 48.5 Å². The van der Waals surface area contributed by atoms with Crippen molar-refractivity contribution in [1.29, 1.82) is 0 Å². The average Bonchev–Trinajstić information content (AvgIpc) is 3.11. The first-order chi connectivity index (χ1) is 15.8. The first-order valence-electron chi connectivity index (χ1n) is 10.6. The van der Waals surface area contributed by atoms with Gasteiger partial charge in [0.15, 0.2) is 6.10 Å². The smallest absolute Gasteiger partial charge is 0.408 e. The summed E-state index contributed by atoms with van der Waals surface area (Å²) in [5, 5.41) is 23.1. The summed E-state index contributed by atoms with van der Waals surface area (Å²) < 4.78 is 10.6. The molecule has 2 atom stereocenters. The number of carboxylic acids is 1. The number of nitrogens with one attached hydrogen (secondary N) is 2. The molecule has 2 aromatic rings. The normalized spacial score (nSPS) is 15.0. The Kier molecular flexibility index (Phi) is 7.67. The van der Waals surface area contributed by atoms with Crippen molar-refractivity contribution >= 4 is 18.0 Å². The highest BCUT2D eigenvalue weighted by Crippen LogP contribution is 2.44. The minimum atomic E-state index is -1.59. The van der Waals surface area contributed by atoms with Crippen LogP contribution >= 0.6 is 0 Å². The summed E-state index contributed by atoms with van der Waals surface area (Å²) in [4.78, 5) is 35.9. The number of fused-ring (bicyclic) bond motifs is 3. The molecule has 0 radical (unpaired) electrons. The molecule has 1 unspecified atom stereocenters. The molecule has 0 aromatic heterocycles. The molecule has 176 valence electrons. The van der Waals surface area contributed by atoms with Crippen LogP contribution in [-0.4, -0.2) is 66.7 Å². The van der Waals surface area contributed by atoms with Crippen LogP contribution in [0, 0.1) is 0 Å². The highest BCUT2D eigenvalue weighted by Gasteiger charge is 2.36. The van der Waals surface area contributed by atoms with Crippen molar-refractivity contribution in [3.8, 4) is 11.1 Å². The largest absolute Gasteiger partial charge is 0.479 e. The maximum absolute atomic E-state index is 12.6. The number of carbonyl (C=O) groups excluding carboxylic acids is 2. The second-order valence-corrected chi connectivity index (χ2v) is 8.11. The van der Waals surface area contributed by atoms with E-state index < -0.39 is 29.6 Å². The summed E-state index contributed by atoms with van der Waals surface area (Å²) >= 11 is 0. The van der Waals surface area contributed by atoms with Crippen molar-refractivity contribution < 1.29 is 34.1 Å². The zero-order chi connectivity index (χ0) is 24.0. The lowest BCUT2D eigenvalue weighted by molar-refractivity contribution is -0.147. The monoisotopic (exact) mass is 456 g/mol. The molecular weight excluding hydrogens is 428 g/mol. The van der Waals surface area contributed by atoms with Gasteiger partial charge in [-0.25, -0.2) is 9.59 Å². The van der Waals surface area contributed by atoms with E-state index in [-0.39, 0.29) is 32.1 Å². The number of carbonyl (C=O) groups is 3. The maximum Gasteiger partial charge on any atom is 0.408 e. The lowest BCUT2D eigenvalue weighted by Gasteiger charge is -2.28. The number of aliphatic carboxylic acids is 1. The van der Waals surface area contributed by atoms with Crippen LogP contribution in [0.1, 0.15) is 30.4 Å². The SMILES string of the molecule is COCC(C)(NC(=O)OCC1c2ccccc2-c2ccccc21)C(=O)NCC[C@H](O)C(=O)O. The summed E-state index contributed by atoms with van der Waals surface area (Å²) in [6.07, 6.45) is -2.54. The molecule has 33 heavy (non-hydrogen) atoms. The van der Waals surface area contributed by atoms with Crippen LogP contribution in [0.4, 0.5) is 4.79 Å². The zero-order valence-corrected chi connectivity index (χ0v) is 18.5. The Morgan fingerprint density at radius 1 is 1.06 bits per heavy atom. The van der Waals surface area contributed by atoms with Crippen molar-refractivity contribution in [2.75, 3.05) is 26.9 Å². The van der Waals surface area contributed by atoms with Gasteiger partial charge in [-0.05, 0) is 29.2 Å². The molecule has 9 nitrogen and oxygen atoms in total. The Hall–Kier alpha value is -3.43. The number of aliphatic hydroxyl groups excluding tert-OH is 1. The van der Waals surface area contributed by atoms with Gasteiger partial charge in [-0.2, -0.15) is 0 Å². The molecule has 9 heteroatoms. The van der Waals surface area contributed by atoms with Crippen LogP contribution in [0.25, 0.3) is 11.1 Å². The van der Waals surface area contributed by atoms with Gasteiger partial charge in [-0.3, -0.25) is 4.79 Å². The molecule has 4 N–H and O–H groups in total. The van der Waals surface area contributed by atoms with Crippen molar-refractivity contribution in [2.45, 2.75) is 30.9 Å². The highest BCUT2D eigenvalue weighted by molar-refractivity contribution is 5.90. The average molecular weight is 456 g/mol. The number of methoxy groups -OCH3 is 1. The Bertz CT molecular complexity index is 980. The van der Waals surface area contributed by atoms with E-state index in [0.717, 1.165) is 22.3 Å². The second-order valence-electron chi connectivity index (χ2n) is 8.11. The number of benzene rings is 2. The minimum Gasteiger partial charge on any atom is -0.479 e. The summed E-state index contributed by atoms with van der Waals surface area (Å²) in [6, 6.07) is 15.9. The van der Waals surface area contributed by atoms with Gasteiger partial charge in [0.1, 0.15) is 12.1 Å². The molecule has 0 aliphatic heterocycles. The second kappa shape index (κ2) is 10.5. The molecule has 2 amide bonds. The first-order valence-corrected chi connectivity index (χ1v) is 10.6. The zero-order valence-electron chi connectivity index (χ0n) is 18.5. The van der Waals surface area contributed by atoms with Gasteiger partial charge in [-0.15, -0.1) is 0 Å². The Morgan fingerprint density at radius 2 is 1.64 bits per heavy atom. The molecule has 0 saturated heterocycles. The summed E-state index contributed by atoms with van der Waals surface area (Å²) in [6.45, 7) is 1.35. The fourth-order valence-corrected chi connectivity index (χ4v) is 3.95. The van der Waals surface area contributed by atoms with Crippen LogP contribution in [0.3, 0.4) is 0 Å². The van der Waals surface area contributed by atoms with Gasteiger partial charge in [0, 0.05) is 26.0 Å². The number of ether oxygens (including phenoxy) is 2. The van der Waals surface area contributed by atoms with Crippen LogP contribution in [-0.2, 0) is 19.1 Å². The Balaban J connectivity index is 1.62. The predicted octanol–water partition coefficient (Wildman–Crippen LogP) is 1.88. The quantitative estimate of drug-likeness (QED) is 0.429. The van der Waals surface area contributed by atoms with Gasteiger partial charge in [0.2, 0.25) is 5.91 Å². The molecule has 1 aliphatic rings. The molecule has 1 aliphatic carbocycles. The molecule has 3 rings (SSSR count). The minimum absolute atomic E-state index is 0.0853. The Labute approximate surface area is 191 Å². The van der Waals surface area contributed by atoms with Crippen LogP contribution in [0.2, 0.25) is 0 Å². The summed E-state index contributed by atoms with van der Waals surface area (Å²) in [5.74, 6) is -2.08. The van der Waals surface area contributed by atoms with E-state index in [2.05, 4.69) is 10.6 Å². The van der Waals surface area contributed by atoms with Gasteiger partial charge in [-0.1, -0.05) is 48.5 Å². The molecular formula is C24H28N2O7. The number of alkyl carbamates (subject to hydrolysis) is 1. The fourth-order valence-electron chi connectivity index (χ4n) is 3.95. The van der Waals surface area contributed by atoms with E-state index in [1.165, 1.54) is 14.0 Å². The third-order valence-electron chi connectivity index (χ3n) is 5.64. The van der Waals surface area contributed by atoms with Crippen molar-refractivity contribution in [1.82, 2.24) is 10.6 Å². The van der Waals surface area contributed by atoms with Crippen LogP contribution in [0.5, 0.6) is 0 Å². The van der Waals surface area contributed by atoms with E-state index >= 15 is 0 Å². The number of amides is 2. The van der Waals surface area contributed by atoms with Crippen molar-refractivity contribution in [3.63, 3.8) is 0 Å². The molecule has 0 bridgehead atoms. The van der Waals surface area contributed by atoms with E-state index in [0.29, 0.717) is 0 Å². The Morgan fingerprint density at radius 3 is 2.18 bits per heavy atom. The summed E-state index contributed by atoms with van der Waals surface area (Å²) in [7, 11) is 1.39. The molecule has 0 heterocycles. The number of rotatable bonds is 10. The van der Waals surface area contributed by atoms with Crippen LogP contribution < -0.4 is 10.6 Å². The standard InChI is InChI=1S/C24H28N2O7/c1-24(14-32-2,22(30)25-12-11-20(27)21(28)29)26-23(31)33-13-19-17-9-5-3-7-15(17)16-8-4-6-10-18(16)19/h3-10,19-20,27H,11-14H2,1-2H3,(H,25,30)(H,26,31)(H,28,29)/t20-,24?/m0/s1. The number of hydrogen-bond donors (Lipinski definition) is 4. The number of carboxylic acid groups (broad SMARTS) is 1. The lowest BCUT2D eigenvalue weighted by Crippen LogP contribution is -2.60. The predicted molar refractivity (Wildman–Crippen MR) is 120 cm³/mol. The van der Waals surface area contributed by atoms with Gasteiger partial charge >= 0.3 is 12.1 Å². The van der Waals surface area contributed by atoms with Gasteiger partial charge < -0.3 is 30.3 Å². The third kappa shape index (κ3) is 5.50. The molecule has 0 spiro atoms. The van der Waals surface area contributed by atoms with E-state index in [1.54, 1.807) is 0 Å². The number of aliphatic hydroxyl groups is 1. The van der Waals surface area contributed by atoms with Crippen molar-refractivity contribution in [3.05, 3.63) is 59.7 Å².